The van der Waals surface area contributed by atoms with Gasteiger partial charge in [0.25, 0.3) is 0 Å². The highest BCUT2D eigenvalue weighted by atomic mass is 79.9. The van der Waals surface area contributed by atoms with Crippen molar-refractivity contribution < 1.29 is 8.42 Å². The lowest BCUT2D eigenvalue weighted by atomic mass is 9.94. The Labute approximate surface area is 124 Å². The maximum absolute atomic E-state index is 12.8. The summed E-state index contributed by atoms with van der Waals surface area (Å²) in [5, 5.41) is 0. The van der Waals surface area contributed by atoms with Crippen LogP contribution in [0, 0.1) is 12.8 Å². The highest BCUT2D eigenvalue weighted by molar-refractivity contribution is 9.10. The largest absolute Gasteiger partial charge is 0.243 e. The first-order chi connectivity index (χ1) is 8.84. The van der Waals surface area contributed by atoms with Crippen LogP contribution in [-0.2, 0) is 10.0 Å². The minimum absolute atomic E-state index is 0.0668. The molecule has 1 heterocycles. The van der Waals surface area contributed by atoms with Gasteiger partial charge in [0.1, 0.15) is 0 Å². The number of nitrogens with zero attached hydrogens (tertiary/aromatic N) is 1. The Kier molecular flexibility index (Phi) is 4.38. The number of rotatable bonds is 2. The maximum Gasteiger partial charge on any atom is 0.243 e. The summed E-state index contributed by atoms with van der Waals surface area (Å²) in [4.78, 5) is 0.419. The molecule has 0 N–H and O–H groups in total. The Morgan fingerprint density at radius 3 is 2.68 bits per heavy atom. The zero-order chi connectivity index (χ0) is 14.2. The van der Waals surface area contributed by atoms with Gasteiger partial charge in [-0.05, 0) is 50.3 Å². The van der Waals surface area contributed by atoms with Crippen LogP contribution in [0.1, 0.15) is 32.3 Å². The molecular formula is C14H20BrNO2S. The first kappa shape index (κ1) is 15.0. The van der Waals surface area contributed by atoms with E-state index < -0.39 is 10.0 Å². The summed E-state index contributed by atoms with van der Waals surface area (Å²) in [6, 6.07) is 5.49. The molecule has 19 heavy (non-hydrogen) atoms. The fourth-order valence-corrected chi connectivity index (χ4v) is 5.15. The summed E-state index contributed by atoms with van der Waals surface area (Å²) in [7, 11) is -3.39. The van der Waals surface area contributed by atoms with Gasteiger partial charge in [0.05, 0.1) is 4.90 Å². The highest BCUT2D eigenvalue weighted by Crippen LogP contribution is 2.31. The molecule has 1 saturated heterocycles. The Balaban J connectivity index is 2.44. The molecular weight excluding hydrogens is 326 g/mol. The Bertz CT molecular complexity index is 571. The second-order valence-electron chi connectivity index (χ2n) is 5.39. The van der Waals surface area contributed by atoms with Gasteiger partial charge in [0.15, 0.2) is 0 Å². The summed E-state index contributed by atoms with van der Waals surface area (Å²) in [5.74, 6) is 0.413. The number of hydrogen-bond acceptors (Lipinski definition) is 2. The third-order valence-electron chi connectivity index (χ3n) is 4.05. The van der Waals surface area contributed by atoms with Crippen LogP contribution < -0.4 is 0 Å². The molecule has 2 atom stereocenters. The molecule has 1 aromatic rings. The number of piperidine rings is 1. The molecule has 1 aromatic carbocycles. The first-order valence-corrected chi connectivity index (χ1v) is 8.85. The summed E-state index contributed by atoms with van der Waals surface area (Å²) < 4.78 is 28.1. The highest BCUT2D eigenvalue weighted by Gasteiger charge is 2.35. The van der Waals surface area contributed by atoms with Crippen LogP contribution in [0.5, 0.6) is 0 Å². The van der Waals surface area contributed by atoms with Gasteiger partial charge in [0, 0.05) is 17.1 Å². The quantitative estimate of drug-likeness (QED) is 0.821. The molecule has 1 aliphatic heterocycles. The van der Waals surface area contributed by atoms with E-state index >= 15 is 0 Å². The van der Waals surface area contributed by atoms with E-state index in [2.05, 4.69) is 22.9 Å². The normalized spacial score (nSPS) is 25.5. The second-order valence-corrected chi connectivity index (χ2v) is 8.16. The van der Waals surface area contributed by atoms with Crippen molar-refractivity contribution in [2.45, 2.75) is 44.6 Å². The molecule has 1 fully saturated rings. The monoisotopic (exact) mass is 345 g/mol. The fourth-order valence-electron chi connectivity index (χ4n) is 2.61. The van der Waals surface area contributed by atoms with Crippen LogP contribution >= 0.6 is 15.9 Å². The van der Waals surface area contributed by atoms with Gasteiger partial charge >= 0.3 is 0 Å². The molecule has 0 saturated carbocycles. The summed E-state index contributed by atoms with van der Waals surface area (Å²) in [6.45, 7) is 6.60. The molecule has 2 unspecified atom stereocenters. The number of halogens is 1. The van der Waals surface area contributed by atoms with Crippen molar-refractivity contribution >= 4 is 26.0 Å². The molecule has 0 aromatic heterocycles. The van der Waals surface area contributed by atoms with Crippen LogP contribution in [0.4, 0.5) is 0 Å². The van der Waals surface area contributed by atoms with Gasteiger partial charge in [-0.3, -0.25) is 0 Å². The molecule has 0 aliphatic carbocycles. The van der Waals surface area contributed by atoms with Crippen LogP contribution in [0.15, 0.2) is 27.6 Å². The molecule has 3 nitrogen and oxygen atoms in total. The summed E-state index contributed by atoms with van der Waals surface area (Å²) in [5.41, 5.74) is 0.800. The SMILES string of the molecule is Cc1ccc(Br)cc1S(=O)(=O)N1CCCC(C)C1C. The van der Waals surface area contributed by atoms with Crippen molar-refractivity contribution in [1.29, 1.82) is 0 Å². The average Bonchev–Trinajstić information content (AvgIpc) is 2.35. The predicted molar refractivity (Wildman–Crippen MR) is 80.6 cm³/mol. The van der Waals surface area contributed by atoms with E-state index in [0.29, 0.717) is 17.4 Å². The third-order valence-corrected chi connectivity index (χ3v) is 6.67. The molecule has 2 rings (SSSR count). The maximum atomic E-state index is 12.8. The van der Waals surface area contributed by atoms with Crippen molar-refractivity contribution in [3.05, 3.63) is 28.2 Å². The van der Waals surface area contributed by atoms with Gasteiger partial charge in [-0.1, -0.05) is 28.9 Å². The van der Waals surface area contributed by atoms with E-state index in [1.807, 2.05) is 26.0 Å². The molecule has 0 bridgehead atoms. The molecule has 5 heteroatoms. The topological polar surface area (TPSA) is 37.4 Å². The lowest BCUT2D eigenvalue weighted by Gasteiger charge is -2.37. The van der Waals surface area contributed by atoms with Crippen molar-refractivity contribution in [3.8, 4) is 0 Å². The van der Waals surface area contributed by atoms with Crippen LogP contribution in [-0.4, -0.2) is 25.3 Å². The Morgan fingerprint density at radius 2 is 2.00 bits per heavy atom. The van der Waals surface area contributed by atoms with Gasteiger partial charge in [0.2, 0.25) is 10.0 Å². The standard InChI is InChI=1S/C14H20BrNO2S/c1-10-5-4-8-16(12(10)3)19(17,18)14-9-13(15)7-6-11(14)2/h6-7,9-10,12H,4-5,8H2,1-3H3. The van der Waals surface area contributed by atoms with E-state index in [9.17, 15) is 8.42 Å². The van der Waals surface area contributed by atoms with Crippen LogP contribution in [0.25, 0.3) is 0 Å². The number of sulfonamides is 1. The fraction of sp³-hybridized carbons (Fsp3) is 0.571. The van der Waals surface area contributed by atoms with E-state index in [1.54, 1.807) is 10.4 Å². The van der Waals surface area contributed by atoms with E-state index in [4.69, 9.17) is 0 Å². The number of aryl methyl sites for hydroxylation is 1. The molecule has 1 aliphatic rings. The minimum atomic E-state index is -3.39. The third kappa shape index (κ3) is 2.88. The molecule has 106 valence electrons. The molecule has 0 amide bonds. The van der Waals surface area contributed by atoms with Crippen molar-refractivity contribution in [3.63, 3.8) is 0 Å². The van der Waals surface area contributed by atoms with Crippen LogP contribution in [0.3, 0.4) is 0 Å². The van der Waals surface area contributed by atoms with Gasteiger partial charge in [-0.15, -0.1) is 0 Å². The van der Waals surface area contributed by atoms with E-state index in [-0.39, 0.29) is 6.04 Å². The average molecular weight is 346 g/mol. The second kappa shape index (κ2) is 5.54. The molecule has 0 radical (unpaired) electrons. The molecule has 0 spiro atoms. The minimum Gasteiger partial charge on any atom is -0.207 e. The van der Waals surface area contributed by atoms with Crippen LogP contribution in [0.2, 0.25) is 0 Å². The number of hydrogen-bond donors (Lipinski definition) is 0. The number of benzene rings is 1. The summed E-state index contributed by atoms with van der Waals surface area (Å²) >= 11 is 3.36. The zero-order valence-corrected chi connectivity index (χ0v) is 14.0. The predicted octanol–water partition coefficient (Wildman–Crippen LogP) is 3.57. The smallest absolute Gasteiger partial charge is 0.207 e. The van der Waals surface area contributed by atoms with Crippen molar-refractivity contribution in [2.75, 3.05) is 6.54 Å². The van der Waals surface area contributed by atoms with Crippen molar-refractivity contribution in [2.24, 2.45) is 5.92 Å². The van der Waals surface area contributed by atoms with E-state index in [1.165, 1.54) is 0 Å². The van der Waals surface area contributed by atoms with Gasteiger partial charge in [-0.25, -0.2) is 8.42 Å². The van der Waals surface area contributed by atoms with Gasteiger partial charge < -0.3 is 0 Å². The van der Waals surface area contributed by atoms with Crippen molar-refractivity contribution in [1.82, 2.24) is 4.31 Å². The summed E-state index contributed by atoms with van der Waals surface area (Å²) in [6.07, 6.45) is 2.04. The lowest BCUT2D eigenvalue weighted by Crippen LogP contribution is -2.46. The first-order valence-electron chi connectivity index (χ1n) is 6.62. The lowest BCUT2D eigenvalue weighted by molar-refractivity contribution is 0.202. The Morgan fingerprint density at radius 1 is 1.32 bits per heavy atom. The Hall–Kier alpha value is -0.390. The van der Waals surface area contributed by atoms with E-state index in [0.717, 1.165) is 22.9 Å². The zero-order valence-electron chi connectivity index (χ0n) is 11.6. The van der Waals surface area contributed by atoms with Gasteiger partial charge in [-0.2, -0.15) is 4.31 Å².